The number of aromatic nitrogens is 1. The molecule has 1 aliphatic carbocycles. The van der Waals surface area contributed by atoms with Gasteiger partial charge in [0.25, 0.3) is 0 Å². The third-order valence-electron chi connectivity index (χ3n) is 4.11. The van der Waals surface area contributed by atoms with Crippen molar-refractivity contribution in [3.63, 3.8) is 0 Å². The molecule has 0 bridgehead atoms. The van der Waals surface area contributed by atoms with Crippen molar-refractivity contribution >= 4 is 5.91 Å². The second-order valence-corrected chi connectivity index (χ2v) is 5.96. The molecule has 1 saturated carbocycles. The number of pyridine rings is 1. The van der Waals surface area contributed by atoms with Gasteiger partial charge in [-0.05, 0) is 36.6 Å². The third-order valence-corrected chi connectivity index (χ3v) is 4.11. The average molecular weight is 334 g/mol. The molecule has 1 aliphatic rings. The van der Waals surface area contributed by atoms with E-state index in [0.717, 1.165) is 11.8 Å². The molecule has 24 heavy (non-hydrogen) atoms. The molecule has 0 unspecified atom stereocenters. The van der Waals surface area contributed by atoms with Crippen LogP contribution >= 0.6 is 0 Å². The predicted octanol–water partition coefficient (Wildman–Crippen LogP) is 3.71. The maximum Gasteiger partial charge on any atom is 0.416 e. The van der Waals surface area contributed by atoms with E-state index in [1.807, 2.05) is 18.2 Å². The number of carbonyl (C=O) groups is 1. The van der Waals surface area contributed by atoms with Crippen LogP contribution in [0.25, 0.3) is 0 Å². The Morgan fingerprint density at radius 2 is 2.04 bits per heavy atom. The number of benzene rings is 1. The topological polar surface area (TPSA) is 42.0 Å². The number of nitrogens with zero attached hydrogens (tertiary/aromatic N) is 1. The highest BCUT2D eigenvalue weighted by molar-refractivity contribution is 5.77. The van der Waals surface area contributed by atoms with Crippen molar-refractivity contribution in [1.29, 1.82) is 0 Å². The summed E-state index contributed by atoms with van der Waals surface area (Å²) in [5, 5.41) is 2.88. The van der Waals surface area contributed by atoms with Gasteiger partial charge in [-0.3, -0.25) is 9.78 Å². The molecule has 1 aromatic carbocycles. The molecule has 0 saturated heterocycles. The number of halogens is 3. The van der Waals surface area contributed by atoms with Crippen LogP contribution in [0.1, 0.15) is 35.6 Å². The summed E-state index contributed by atoms with van der Waals surface area (Å²) in [6.45, 7) is 0. The van der Waals surface area contributed by atoms with Crippen LogP contribution in [0.2, 0.25) is 0 Å². The molecule has 126 valence electrons. The summed E-state index contributed by atoms with van der Waals surface area (Å²) >= 11 is 0. The Bertz CT molecular complexity index is 716. The summed E-state index contributed by atoms with van der Waals surface area (Å²) in [7, 11) is 0. The summed E-state index contributed by atoms with van der Waals surface area (Å²) in [4.78, 5) is 16.1. The third kappa shape index (κ3) is 4.13. The Morgan fingerprint density at radius 1 is 1.21 bits per heavy atom. The van der Waals surface area contributed by atoms with Gasteiger partial charge in [0.2, 0.25) is 5.91 Å². The van der Waals surface area contributed by atoms with Crippen LogP contribution in [0, 0.1) is 0 Å². The van der Waals surface area contributed by atoms with E-state index in [1.54, 1.807) is 12.3 Å². The van der Waals surface area contributed by atoms with Crippen LogP contribution in [-0.2, 0) is 17.4 Å². The Balaban J connectivity index is 1.51. The van der Waals surface area contributed by atoms with Gasteiger partial charge in [-0.2, -0.15) is 13.2 Å². The van der Waals surface area contributed by atoms with E-state index >= 15 is 0 Å². The Morgan fingerprint density at radius 3 is 2.75 bits per heavy atom. The first-order valence-electron chi connectivity index (χ1n) is 7.80. The quantitative estimate of drug-likeness (QED) is 0.906. The zero-order valence-corrected chi connectivity index (χ0v) is 12.9. The van der Waals surface area contributed by atoms with Crippen molar-refractivity contribution in [2.24, 2.45) is 0 Å². The number of hydrogen-bond donors (Lipinski definition) is 1. The van der Waals surface area contributed by atoms with Crippen LogP contribution in [0.5, 0.6) is 0 Å². The molecule has 0 spiro atoms. The largest absolute Gasteiger partial charge is 0.416 e. The lowest BCUT2D eigenvalue weighted by atomic mass is 10.1. The van der Waals surface area contributed by atoms with Crippen molar-refractivity contribution < 1.29 is 18.0 Å². The fourth-order valence-electron chi connectivity index (χ4n) is 2.74. The maximum absolute atomic E-state index is 12.7. The average Bonchev–Trinajstić information content (AvgIpc) is 3.32. The molecule has 1 fully saturated rings. The molecule has 1 N–H and O–H groups in total. The van der Waals surface area contributed by atoms with Gasteiger partial charge in [-0.15, -0.1) is 0 Å². The lowest BCUT2D eigenvalue weighted by molar-refractivity contribution is -0.137. The van der Waals surface area contributed by atoms with Crippen molar-refractivity contribution in [3.8, 4) is 0 Å². The zero-order valence-electron chi connectivity index (χ0n) is 12.9. The van der Waals surface area contributed by atoms with Crippen LogP contribution < -0.4 is 5.32 Å². The first kappa shape index (κ1) is 16.5. The zero-order chi connectivity index (χ0) is 17.2. The van der Waals surface area contributed by atoms with Crippen LogP contribution in [0.15, 0.2) is 48.7 Å². The minimum atomic E-state index is -4.34. The Kier molecular flexibility index (Phi) is 4.55. The number of rotatable bonds is 5. The molecular formula is C18H17F3N2O. The molecule has 1 amide bonds. The van der Waals surface area contributed by atoms with Crippen LogP contribution in [0.4, 0.5) is 13.2 Å². The Labute approximate surface area is 137 Å². The standard InChI is InChI=1S/C18H17F3N2O/c19-18(20,21)13-5-3-4-12(10-13)15-11-16(15)23-17(24)8-7-14-6-1-2-9-22-14/h1-6,9-10,15-16H,7-8,11H2,(H,23,24)/t15-,16+/m0/s1. The molecule has 1 aromatic heterocycles. The van der Waals surface area contributed by atoms with Crippen LogP contribution in [0.3, 0.4) is 0 Å². The van der Waals surface area contributed by atoms with Gasteiger partial charge in [0.15, 0.2) is 0 Å². The highest BCUT2D eigenvalue weighted by Gasteiger charge is 2.40. The SMILES string of the molecule is O=C(CCc1ccccn1)N[C@@H]1C[C@H]1c1cccc(C(F)(F)F)c1. The van der Waals surface area contributed by atoms with E-state index in [0.29, 0.717) is 24.8 Å². The van der Waals surface area contributed by atoms with E-state index in [2.05, 4.69) is 10.3 Å². The lowest BCUT2D eigenvalue weighted by Gasteiger charge is -2.09. The highest BCUT2D eigenvalue weighted by Crippen LogP contribution is 2.42. The summed E-state index contributed by atoms with van der Waals surface area (Å²) < 4.78 is 38.2. The molecular weight excluding hydrogens is 317 g/mol. The number of amides is 1. The van der Waals surface area contributed by atoms with E-state index in [4.69, 9.17) is 0 Å². The monoisotopic (exact) mass is 334 g/mol. The minimum Gasteiger partial charge on any atom is -0.353 e. The van der Waals surface area contributed by atoms with Gasteiger partial charge in [0.05, 0.1) is 5.56 Å². The summed E-state index contributed by atoms with van der Waals surface area (Å²) in [5.41, 5.74) is 0.824. The van der Waals surface area contributed by atoms with Crippen molar-refractivity contribution in [2.45, 2.75) is 37.4 Å². The fourth-order valence-corrected chi connectivity index (χ4v) is 2.74. The van der Waals surface area contributed by atoms with Gasteiger partial charge >= 0.3 is 6.18 Å². The molecule has 0 aliphatic heterocycles. The second-order valence-electron chi connectivity index (χ2n) is 5.96. The molecule has 2 aromatic rings. The fraction of sp³-hybridized carbons (Fsp3) is 0.333. The molecule has 3 nitrogen and oxygen atoms in total. The number of alkyl halides is 3. The van der Waals surface area contributed by atoms with Crippen LogP contribution in [-0.4, -0.2) is 16.9 Å². The maximum atomic E-state index is 12.7. The summed E-state index contributed by atoms with van der Waals surface area (Å²) in [5.74, 6) is -0.133. The number of nitrogens with one attached hydrogen (secondary N) is 1. The van der Waals surface area contributed by atoms with Crippen molar-refractivity contribution in [1.82, 2.24) is 10.3 Å². The number of carbonyl (C=O) groups excluding carboxylic acids is 1. The molecule has 2 atom stereocenters. The van der Waals surface area contributed by atoms with Crippen molar-refractivity contribution in [2.75, 3.05) is 0 Å². The van der Waals surface area contributed by atoms with Crippen molar-refractivity contribution in [3.05, 3.63) is 65.5 Å². The van der Waals surface area contributed by atoms with Gasteiger partial charge in [0, 0.05) is 30.3 Å². The molecule has 6 heteroatoms. The molecule has 1 heterocycles. The second kappa shape index (κ2) is 6.63. The van der Waals surface area contributed by atoms with E-state index in [9.17, 15) is 18.0 Å². The Hall–Kier alpha value is -2.37. The number of aryl methyl sites for hydroxylation is 1. The number of hydrogen-bond acceptors (Lipinski definition) is 2. The minimum absolute atomic E-state index is 0.0360. The van der Waals surface area contributed by atoms with Gasteiger partial charge in [-0.25, -0.2) is 0 Å². The summed E-state index contributed by atoms with van der Waals surface area (Å²) in [6, 6.07) is 10.8. The van der Waals surface area contributed by atoms with E-state index in [1.165, 1.54) is 12.1 Å². The normalized spacial score (nSPS) is 19.8. The lowest BCUT2D eigenvalue weighted by Crippen LogP contribution is -2.26. The smallest absolute Gasteiger partial charge is 0.353 e. The van der Waals surface area contributed by atoms with Gasteiger partial charge < -0.3 is 5.32 Å². The van der Waals surface area contributed by atoms with E-state index < -0.39 is 11.7 Å². The highest BCUT2D eigenvalue weighted by atomic mass is 19.4. The predicted molar refractivity (Wildman–Crippen MR) is 83.3 cm³/mol. The summed E-state index contributed by atoms with van der Waals surface area (Å²) in [6.07, 6.45) is -1.11. The first-order chi connectivity index (χ1) is 11.4. The molecule has 0 radical (unpaired) electrons. The van der Waals surface area contributed by atoms with Gasteiger partial charge in [0.1, 0.15) is 0 Å². The molecule has 3 rings (SSSR count). The first-order valence-corrected chi connectivity index (χ1v) is 7.80. The van der Waals surface area contributed by atoms with E-state index in [-0.39, 0.29) is 17.9 Å². The van der Waals surface area contributed by atoms with Gasteiger partial charge in [-0.1, -0.05) is 24.3 Å².